The first-order chi connectivity index (χ1) is 12.4. The van der Waals surface area contributed by atoms with E-state index in [0.717, 1.165) is 24.8 Å². The van der Waals surface area contributed by atoms with Gasteiger partial charge in [0.2, 0.25) is 10.0 Å². The summed E-state index contributed by atoms with van der Waals surface area (Å²) in [6, 6.07) is 11.4. The van der Waals surface area contributed by atoms with Gasteiger partial charge in [-0.2, -0.15) is 4.31 Å². The number of hydrogen-bond acceptors (Lipinski definition) is 4. The van der Waals surface area contributed by atoms with E-state index in [9.17, 15) is 13.2 Å². The third-order valence-corrected chi connectivity index (χ3v) is 6.52. The number of aryl methyl sites for hydroxylation is 1. The maximum absolute atomic E-state index is 12.5. The maximum atomic E-state index is 12.5. The molecule has 3 rings (SSSR count). The van der Waals surface area contributed by atoms with Crippen LogP contribution in [0.4, 0.5) is 11.4 Å². The van der Waals surface area contributed by atoms with Gasteiger partial charge in [0, 0.05) is 30.0 Å². The van der Waals surface area contributed by atoms with Gasteiger partial charge in [0.15, 0.2) is 0 Å². The SMILES string of the molecule is CCc1ccc(NC(=O)c2ccc(S(=O)(=O)N3CCCC3)cc2)cc1N. The monoisotopic (exact) mass is 373 g/mol. The Labute approximate surface area is 154 Å². The number of carbonyl (C=O) groups excluding carboxylic acids is 1. The van der Waals surface area contributed by atoms with Crippen LogP contribution in [-0.2, 0) is 16.4 Å². The molecule has 0 unspecified atom stereocenters. The molecule has 26 heavy (non-hydrogen) atoms. The van der Waals surface area contributed by atoms with Gasteiger partial charge in [-0.1, -0.05) is 13.0 Å². The number of nitrogens with zero attached hydrogens (tertiary/aromatic N) is 1. The first kappa shape index (κ1) is 18.4. The number of nitrogens with one attached hydrogen (secondary N) is 1. The molecular formula is C19H23N3O3S. The highest BCUT2D eigenvalue weighted by atomic mass is 32.2. The van der Waals surface area contributed by atoms with Crippen LogP contribution in [-0.4, -0.2) is 31.7 Å². The van der Waals surface area contributed by atoms with Crippen molar-refractivity contribution >= 4 is 27.3 Å². The van der Waals surface area contributed by atoms with E-state index in [1.165, 1.54) is 28.6 Å². The van der Waals surface area contributed by atoms with Gasteiger partial charge in [-0.05, 0) is 61.2 Å². The highest BCUT2D eigenvalue weighted by Gasteiger charge is 2.27. The number of hydrogen-bond donors (Lipinski definition) is 2. The van der Waals surface area contributed by atoms with Gasteiger partial charge >= 0.3 is 0 Å². The number of carbonyl (C=O) groups is 1. The van der Waals surface area contributed by atoms with Crippen LogP contribution in [0.1, 0.15) is 35.7 Å². The van der Waals surface area contributed by atoms with Crippen molar-refractivity contribution < 1.29 is 13.2 Å². The Morgan fingerprint density at radius 1 is 1.12 bits per heavy atom. The number of anilines is 2. The lowest BCUT2D eigenvalue weighted by Gasteiger charge is -2.15. The van der Waals surface area contributed by atoms with Crippen molar-refractivity contribution in [3.05, 3.63) is 53.6 Å². The third-order valence-electron chi connectivity index (χ3n) is 4.60. The fourth-order valence-electron chi connectivity index (χ4n) is 3.05. The van der Waals surface area contributed by atoms with Crippen molar-refractivity contribution in [3.8, 4) is 0 Å². The minimum atomic E-state index is -3.47. The van der Waals surface area contributed by atoms with Crippen LogP contribution >= 0.6 is 0 Å². The van der Waals surface area contributed by atoms with Crippen LogP contribution < -0.4 is 11.1 Å². The Bertz CT molecular complexity index is 902. The topological polar surface area (TPSA) is 92.5 Å². The lowest BCUT2D eigenvalue weighted by atomic mass is 10.1. The largest absolute Gasteiger partial charge is 0.398 e. The molecule has 138 valence electrons. The molecule has 0 radical (unpaired) electrons. The van der Waals surface area contributed by atoms with E-state index < -0.39 is 10.0 Å². The van der Waals surface area contributed by atoms with Gasteiger partial charge in [-0.3, -0.25) is 4.79 Å². The number of nitrogens with two attached hydrogens (primary N) is 1. The lowest BCUT2D eigenvalue weighted by Crippen LogP contribution is -2.27. The van der Waals surface area contributed by atoms with E-state index in [4.69, 9.17) is 5.73 Å². The van der Waals surface area contributed by atoms with Gasteiger partial charge in [-0.15, -0.1) is 0 Å². The van der Waals surface area contributed by atoms with Crippen LogP contribution in [0, 0.1) is 0 Å². The Balaban J connectivity index is 1.74. The minimum absolute atomic E-state index is 0.215. The highest BCUT2D eigenvalue weighted by molar-refractivity contribution is 7.89. The molecule has 2 aromatic carbocycles. The summed E-state index contributed by atoms with van der Waals surface area (Å²) in [5, 5.41) is 2.78. The van der Waals surface area contributed by atoms with Crippen molar-refractivity contribution in [2.24, 2.45) is 0 Å². The van der Waals surface area contributed by atoms with Crippen LogP contribution in [0.25, 0.3) is 0 Å². The molecule has 1 fully saturated rings. The zero-order valence-electron chi connectivity index (χ0n) is 14.7. The summed E-state index contributed by atoms with van der Waals surface area (Å²) >= 11 is 0. The number of sulfonamides is 1. The lowest BCUT2D eigenvalue weighted by molar-refractivity contribution is 0.102. The molecule has 1 amide bonds. The second-order valence-corrected chi connectivity index (χ2v) is 8.29. The Morgan fingerprint density at radius 3 is 2.35 bits per heavy atom. The summed E-state index contributed by atoms with van der Waals surface area (Å²) in [6.45, 7) is 3.13. The molecule has 1 saturated heterocycles. The summed E-state index contributed by atoms with van der Waals surface area (Å²) < 4.78 is 26.5. The molecule has 0 saturated carbocycles. The molecule has 7 heteroatoms. The minimum Gasteiger partial charge on any atom is -0.398 e. The molecule has 0 bridgehead atoms. The maximum Gasteiger partial charge on any atom is 0.255 e. The van der Waals surface area contributed by atoms with E-state index in [0.29, 0.717) is 30.0 Å². The van der Waals surface area contributed by atoms with E-state index >= 15 is 0 Å². The predicted octanol–water partition coefficient (Wildman–Crippen LogP) is 2.87. The van der Waals surface area contributed by atoms with Crippen molar-refractivity contribution in [3.63, 3.8) is 0 Å². The van der Waals surface area contributed by atoms with Crippen LogP contribution in [0.2, 0.25) is 0 Å². The molecular weight excluding hydrogens is 350 g/mol. The molecule has 0 spiro atoms. The number of amides is 1. The molecule has 1 heterocycles. The van der Waals surface area contributed by atoms with E-state index in [2.05, 4.69) is 5.32 Å². The summed E-state index contributed by atoms with van der Waals surface area (Å²) in [7, 11) is -3.47. The smallest absolute Gasteiger partial charge is 0.255 e. The average molecular weight is 373 g/mol. The fraction of sp³-hybridized carbons (Fsp3) is 0.316. The Kier molecular flexibility index (Phi) is 5.29. The van der Waals surface area contributed by atoms with Gasteiger partial charge in [0.05, 0.1) is 4.90 Å². The molecule has 3 N–H and O–H groups in total. The highest BCUT2D eigenvalue weighted by Crippen LogP contribution is 2.22. The molecule has 0 aliphatic carbocycles. The van der Waals surface area contributed by atoms with E-state index in [1.54, 1.807) is 12.1 Å². The third kappa shape index (κ3) is 3.73. The van der Waals surface area contributed by atoms with Crippen molar-refractivity contribution in [2.45, 2.75) is 31.1 Å². The molecule has 1 aliphatic heterocycles. The second kappa shape index (κ2) is 7.47. The van der Waals surface area contributed by atoms with Gasteiger partial charge in [-0.25, -0.2) is 8.42 Å². The summed E-state index contributed by atoms with van der Waals surface area (Å²) in [5.74, 6) is -0.307. The van der Waals surface area contributed by atoms with E-state index in [1.807, 2.05) is 13.0 Å². The molecule has 2 aromatic rings. The summed E-state index contributed by atoms with van der Waals surface area (Å²) in [4.78, 5) is 12.6. The number of nitrogen functional groups attached to an aromatic ring is 1. The van der Waals surface area contributed by atoms with Crippen LogP contribution in [0.15, 0.2) is 47.4 Å². The average Bonchev–Trinajstić information content (AvgIpc) is 3.17. The first-order valence-electron chi connectivity index (χ1n) is 8.72. The zero-order chi connectivity index (χ0) is 18.7. The molecule has 0 aromatic heterocycles. The van der Waals surface area contributed by atoms with Crippen LogP contribution in [0.3, 0.4) is 0 Å². The molecule has 1 aliphatic rings. The second-order valence-electron chi connectivity index (χ2n) is 6.36. The van der Waals surface area contributed by atoms with Crippen LogP contribution in [0.5, 0.6) is 0 Å². The fourth-order valence-corrected chi connectivity index (χ4v) is 4.57. The molecule has 6 nitrogen and oxygen atoms in total. The van der Waals surface area contributed by atoms with Gasteiger partial charge in [0.25, 0.3) is 5.91 Å². The Morgan fingerprint density at radius 2 is 1.77 bits per heavy atom. The number of rotatable bonds is 5. The van der Waals surface area contributed by atoms with Crippen molar-refractivity contribution in [1.82, 2.24) is 4.31 Å². The zero-order valence-corrected chi connectivity index (χ0v) is 15.6. The quantitative estimate of drug-likeness (QED) is 0.788. The van der Waals surface area contributed by atoms with Crippen molar-refractivity contribution in [1.29, 1.82) is 0 Å². The van der Waals surface area contributed by atoms with Gasteiger partial charge < -0.3 is 11.1 Å². The van der Waals surface area contributed by atoms with E-state index in [-0.39, 0.29) is 10.8 Å². The standard InChI is InChI=1S/C19H23N3O3S/c1-2-14-5-8-16(13-18(14)20)21-19(23)15-6-9-17(10-7-15)26(24,25)22-11-3-4-12-22/h5-10,13H,2-4,11-12,20H2,1H3,(H,21,23). The number of benzene rings is 2. The predicted molar refractivity (Wildman–Crippen MR) is 103 cm³/mol. The molecule has 0 atom stereocenters. The van der Waals surface area contributed by atoms with Gasteiger partial charge in [0.1, 0.15) is 0 Å². The summed E-state index contributed by atoms with van der Waals surface area (Å²) in [6.07, 6.45) is 2.60. The first-order valence-corrected chi connectivity index (χ1v) is 10.2. The van der Waals surface area contributed by atoms with Crippen molar-refractivity contribution in [2.75, 3.05) is 24.1 Å². The normalized spacial score (nSPS) is 15.1. The summed E-state index contributed by atoms with van der Waals surface area (Å²) in [5.41, 5.74) is 8.62. The Hall–Kier alpha value is -2.38.